The molecular weight excluding hydrogens is 260 g/mol. The van der Waals surface area contributed by atoms with Gasteiger partial charge in [-0.1, -0.05) is 0 Å². The van der Waals surface area contributed by atoms with E-state index in [1.165, 1.54) is 6.33 Å². The summed E-state index contributed by atoms with van der Waals surface area (Å²) >= 11 is 1.59. The van der Waals surface area contributed by atoms with Gasteiger partial charge in [0, 0.05) is 6.04 Å². The van der Waals surface area contributed by atoms with Crippen molar-refractivity contribution in [3.05, 3.63) is 17.3 Å². The van der Waals surface area contributed by atoms with Gasteiger partial charge in [0.15, 0.2) is 0 Å². The van der Waals surface area contributed by atoms with E-state index in [-0.39, 0.29) is 18.0 Å². The lowest BCUT2D eigenvalue weighted by atomic mass is 10.2. The van der Waals surface area contributed by atoms with Gasteiger partial charge in [-0.25, -0.2) is 9.97 Å². The zero-order valence-electron chi connectivity index (χ0n) is 11.5. The Hall–Kier alpha value is -1.69. The number of anilines is 1. The first-order valence-electron chi connectivity index (χ1n) is 6.24. The smallest absolute Gasteiger partial charge is 0.242 e. The molecular formula is C13H18N4OS. The predicted molar refractivity (Wildman–Crippen MR) is 78.5 cm³/mol. The molecule has 0 aliphatic rings. The highest BCUT2D eigenvalue weighted by molar-refractivity contribution is 7.18. The van der Waals surface area contributed by atoms with Crippen LogP contribution in [0.4, 0.5) is 5.82 Å². The van der Waals surface area contributed by atoms with Crippen molar-refractivity contribution < 1.29 is 4.79 Å². The minimum Gasteiger partial charge on any atom is -0.357 e. The first-order valence-corrected chi connectivity index (χ1v) is 7.12. The minimum absolute atomic E-state index is 0.0324. The summed E-state index contributed by atoms with van der Waals surface area (Å²) in [6.07, 6.45) is 1.53. The number of amides is 1. The van der Waals surface area contributed by atoms with E-state index in [0.29, 0.717) is 0 Å². The van der Waals surface area contributed by atoms with E-state index in [1.807, 2.05) is 33.1 Å². The van der Waals surface area contributed by atoms with Gasteiger partial charge in [0.25, 0.3) is 0 Å². The Balaban J connectivity index is 2.19. The van der Waals surface area contributed by atoms with E-state index >= 15 is 0 Å². The summed E-state index contributed by atoms with van der Waals surface area (Å²) in [7, 11) is 0. The molecule has 0 bridgehead atoms. The van der Waals surface area contributed by atoms with Crippen LogP contribution in [-0.2, 0) is 4.79 Å². The summed E-state index contributed by atoms with van der Waals surface area (Å²) < 4.78 is 0.990. The largest absolute Gasteiger partial charge is 0.357 e. The maximum Gasteiger partial charge on any atom is 0.242 e. The van der Waals surface area contributed by atoms with Gasteiger partial charge in [-0.05, 0) is 38.6 Å². The van der Waals surface area contributed by atoms with Gasteiger partial charge in [0.05, 0.1) is 10.2 Å². The normalized spacial score (nSPS) is 12.7. The van der Waals surface area contributed by atoms with Gasteiger partial charge in [-0.15, -0.1) is 11.3 Å². The zero-order valence-corrected chi connectivity index (χ0v) is 12.3. The number of fused-ring (bicyclic) bond motifs is 1. The lowest BCUT2D eigenvalue weighted by Gasteiger charge is -2.16. The molecule has 2 N–H and O–H groups in total. The van der Waals surface area contributed by atoms with E-state index in [0.717, 1.165) is 21.6 Å². The molecule has 2 heterocycles. The first-order chi connectivity index (χ1) is 8.99. The van der Waals surface area contributed by atoms with Crippen molar-refractivity contribution in [1.82, 2.24) is 15.3 Å². The summed E-state index contributed by atoms with van der Waals surface area (Å²) in [4.78, 5) is 20.4. The molecule has 1 unspecified atom stereocenters. The van der Waals surface area contributed by atoms with E-state index < -0.39 is 0 Å². The number of aryl methyl sites for hydroxylation is 1. The molecule has 0 spiro atoms. The van der Waals surface area contributed by atoms with E-state index in [2.05, 4.69) is 20.6 Å². The third-order valence-electron chi connectivity index (χ3n) is 2.71. The van der Waals surface area contributed by atoms with Crippen LogP contribution in [0.2, 0.25) is 0 Å². The molecule has 1 atom stereocenters. The van der Waals surface area contributed by atoms with Crippen molar-refractivity contribution in [3.8, 4) is 0 Å². The summed E-state index contributed by atoms with van der Waals surface area (Å²) in [6.45, 7) is 7.73. The van der Waals surface area contributed by atoms with E-state index in [4.69, 9.17) is 0 Å². The number of carbonyl (C=O) groups is 1. The van der Waals surface area contributed by atoms with Crippen LogP contribution >= 0.6 is 11.3 Å². The van der Waals surface area contributed by atoms with Crippen molar-refractivity contribution in [2.75, 3.05) is 5.32 Å². The Bertz CT molecular complexity index is 593. The summed E-state index contributed by atoms with van der Waals surface area (Å²) in [5.41, 5.74) is 2.07. The Kier molecular flexibility index (Phi) is 3.99. The minimum atomic E-state index is -0.331. The molecule has 19 heavy (non-hydrogen) atoms. The summed E-state index contributed by atoms with van der Waals surface area (Å²) in [5, 5.41) is 8.07. The molecule has 0 saturated carbocycles. The van der Waals surface area contributed by atoms with Crippen LogP contribution in [0.5, 0.6) is 0 Å². The lowest BCUT2D eigenvalue weighted by Crippen LogP contribution is -2.41. The number of nitrogens with one attached hydrogen (secondary N) is 2. The standard InChI is InChI=1S/C13H18N4OS/c1-7(2)16-13(18)9(4)17-12-11-10(14-6-15-12)8(3)5-19-11/h5-7,9H,1-4H3,(H,16,18)(H,14,15,17). The lowest BCUT2D eigenvalue weighted by molar-refractivity contribution is -0.122. The number of hydrogen-bond acceptors (Lipinski definition) is 5. The second kappa shape index (κ2) is 5.52. The van der Waals surface area contributed by atoms with Crippen LogP contribution in [0.3, 0.4) is 0 Å². The molecule has 2 aromatic rings. The third kappa shape index (κ3) is 3.01. The number of carbonyl (C=O) groups excluding carboxylic acids is 1. The predicted octanol–water partition coefficient (Wildman–Crippen LogP) is 2.32. The van der Waals surface area contributed by atoms with Crippen molar-refractivity contribution >= 4 is 33.3 Å². The zero-order chi connectivity index (χ0) is 14.0. The van der Waals surface area contributed by atoms with Crippen LogP contribution < -0.4 is 10.6 Å². The molecule has 0 aromatic carbocycles. The molecule has 0 fully saturated rings. The van der Waals surface area contributed by atoms with Gasteiger partial charge < -0.3 is 10.6 Å². The average Bonchev–Trinajstić information content (AvgIpc) is 2.71. The van der Waals surface area contributed by atoms with Crippen LogP contribution in [0.25, 0.3) is 10.2 Å². The second-order valence-electron chi connectivity index (χ2n) is 4.85. The molecule has 0 aliphatic heterocycles. The highest BCUT2D eigenvalue weighted by atomic mass is 32.1. The summed E-state index contributed by atoms with van der Waals surface area (Å²) in [5.74, 6) is 0.685. The number of hydrogen-bond donors (Lipinski definition) is 2. The van der Waals surface area contributed by atoms with Crippen LogP contribution in [-0.4, -0.2) is 28.0 Å². The molecule has 0 radical (unpaired) electrons. The third-order valence-corrected chi connectivity index (χ3v) is 3.80. The van der Waals surface area contributed by atoms with Crippen molar-refractivity contribution in [2.24, 2.45) is 0 Å². The SMILES string of the molecule is Cc1csc2c(NC(C)C(=O)NC(C)C)ncnc12. The van der Waals surface area contributed by atoms with Crippen LogP contribution in [0.15, 0.2) is 11.7 Å². The molecule has 2 aromatic heterocycles. The molecule has 2 rings (SSSR count). The highest BCUT2D eigenvalue weighted by Crippen LogP contribution is 2.28. The molecule has 0 saturated heterocycles. The van der Waals surface area contributed by atoms with Crippen molar-refractivity contribution in [3.63, 3.8) is 0 Å². The number of aromatic nitrogens is 2. The van der Waals surface area contributed by atoms with Gasteiger partial charge in [0.2, 0.25) is 5.91 Å². The van der Waals surface area contributed by atoms with Crippen LogP contribution in [0.1, 0.15) is 26.3 Å². The van der Waals surface area contributed by atoms with Gasteiger partial charge in [-0.2, -0.15) is 0 Å². The Labute approximate surface area is 116 Å². The maximum absolute atomic E-state index is 11.9. The van der Waals surface area contributed by atoms with E-state index in [9.17, 15) is 4.79 Å². The second-order valence-corrected chi connectivity index (χ2v) is 5.73. The molecule has 0 aliphatic carbocycles. The summed E-state index contributed by atoms with van der Waals surface area (Å²) in [6, 6.07) is -0.200. The Morgan fingerprint density at radius 3 is 2.74 bits per heavy atom. The topological polar surface area (TPSA) is 66.9 Å². The monoisotopic (exact) mass is 278 g/mol. The quantitative estimate of drug-likeness (QED) is 0.900. The first kappa shape index (κ1) is 13.7. The number of thiophene rings is 1. The van der Waals surface area contributed by atoms with Crippen molar-refractivity contribution in [2.45, 2.75) is 39.8 Å². The number of rotatable bonds is 4. The van der Waals surface area contributed by atoms with Gasteiger partial charge >= 0.3 is 0 Å². The molecule has 6 heteroatoms. The van der Waals surface area contributed by atoms with Crippen molar-refractivity contribution in [1.29, 1.82) is 0 Å². The molecule has 1 amide bonds. The maximum atomic E-state index is 11.9. The van der Waals surface area contributed by atoms with E-state index in [1.54, 1.807) is 11.3 Å². The fraction of sp³-hybridized carbons (Fsp3) is 0.462. The fourth-order valence-corrected chi connectivity index (χ4v) is 2.71. The average molecular weight is 278 g/mol. The molecule has 5 nitrogen and oxygen atoms in total. The number of nitrogens with zero attached hydrogens (tertiary/aromatic N) is 2. The highest BCUT2D eigenvalue weighted by Gasteiger charge is 2.16. The Morgan fingerprint density at radius 2 is 2.05 bits per heavy atom. The molecule has 102 valence electrons. The Morgan fingerprint density at radius 1 is 1.32 bits per heavy atom. The van der Waals surface area contributed by atoms with Gasteiger partial charge in [-0.3, -0.25) is 4.79 Å². The fourth-order valence-electron chi connectivity index (χ4n) is 1.75. The van der Waals surface area contributed by atoms with Gasteiger partial charge in [0.1, 0.15) is 18.2 Å². The van der Waals surface area contributed by atoms with Crippen LogP contribution in [0, 0.1) is 6.92 Å².